The molecule has 0 amide bonds. The summed E-state index contributed by atoms with van der Waals surface area (Å²) in [6.07, 6.45) is -0.590. The van der Waals surface area contributed by atoms with Gasteiger partial charge in [0.25, 0.3) is 0 Å². The topological polar surface area (TPSA) is 41.9 Å². The molecular weight excluding hydrogens is 170 g/mol. The maximum atomic E-state index is 9.61. The fourth-order valence-electron chi connectivity index (χ4n) is 1.53. The molecule has 1 saturated heterocycles. The van der Waals surface area contributed by atoms with Gasteiger partial charge in [0, 0.05) is 20.2 Å². The molecule has 13 heavy (non-hydrogen) atoms. The lowest BCUT2D eigenvalue weighted by atomic mass is 10.2. The van der Waals surface area contributed by atoms with Gasteiger partial charge >= 0.3 is 0 Å². The Balaban J connectivity index is 2.32. The average molecular weight is 189 g/mol. The standard InChI is InChI=1S/C9H19NO3/c1-3-10-4-5-13-9(6-10)8(11)7-12-2/h8-9,11H,3-7H2,1-2H3. The summed E-state index contributed by atoms with van der Waals surface area (Å²) in [6.45, 7) is 5.96. The molecule has 0 bridgehead atoms. The lowest BCUT2D eigenvalue weighted by Gasteiger charge is -2.34. The molecule has 1 rings (SSSR count). The highest BCUT2D eigenvalue weighted by molar-refractivity contribution is 4.76. The number of hydrogen-bond acceptors (Lipinski definition) is 4. The summed E-state index contributed by atoms with van der Waals surface area (Å²) in [7, 11) is 1.59. The van der Waals surface area contributed by atoms with Gasteiger partial charge < -0.3 is 14.6 Å². The van der Waals surface area contributed by atoms with Crippen LogP contribution >= 0.6 is 0 Å². The number of ether oxygens (including phenoxy) is 2. The Morgan fingerprint density at radius 1 is 1.69 bits per heavy atom. The summed E-state index contributed by atoms with van der Waals surface area (Å²) in [5.74, 6) is 0. The van der Waals surface area contributed by atoms with Crippen molar-refractivity contribution in [1.82, 2.24) is 4.90 Å². The molecule has 0 spiro atoms. The summed E-state index contributed by atoms with van der Waals surface area (Å²) < 4.78 is 10.3. The number of likely N-dealkylation sites (N-methyl/N-ethyl adjacent to an activating group) is 1. The second-order valence-electron chi connectivity index (χ2n) is 3.33. The summed E-state index contributed by atoms with van der Waals surface area (Å²) in [5.41, 5.74) is 0. The van der Waals surface area contributed by atoms with Gasteiger partial charge in [0.1, 0.15) is 6.10 Å². The Morgan fingerprint density at radius 2 is 2.46 bits per heavy atom. The third-order valence-electron chi connectivity index (χ3n) is 2.39. The van der Waals surface area contributed by atoms with E-state index in [1.807, 2.05) is 0 Å². The van der Waals surface area contributed by atoms with Gasteiger partial charge in [0.15, 0.2) is 0 Å². The van der Waals surface area contributed by atoms with Gasteiger partial charge in [0.2, 0.25) is 0 Å². The van der Waals surface area contributed by atoms with Crippen molar-refractivity contribution in [1.29, 1.82) is 0 Å². The van der Waals surface area contributed by atoms with E-state index in [0.717, 1.165) is 19.6 Å². The van der Waals surface area contributed by atoms with Crippen LogP contribution in [0.5, 0.6) is 0 Å². The van der Waals surface area contributed by atoms with Crippen molar-refractivity contribution in [3.05, 3.63) is 0 Å². The zero-order chi connectivity index (χ0) is 9.68. The van der Waals surface area contributed by atoms with Crippen LogP contribution in [0.4, 0.5) is 0 Å². The Labute approximate surface area is 79.4 Å². The first-order valence-corrected chi connectivity index (χ1v) is 4.79. The molecule has 1 aliphatic heterocycles. The molecule has 0 aliphatic carbocycles. The lowest BCUT2D eigenvalue weighted by molar-refractivity contribution is -0.104. The van der Waals surface area contributed by atoms with Crippen LogP contribution in [0.15, 0.2) is 0 Å². The summed E-state index contributed by atoms with van der Waals surface area (Å²) in [4.78, 5) is 2.27. The van der Waals surface area contributed by atoms with E-state index in [1.54, 1.807) is 7.11 Å². The Morgan fingerprint density at radius 3 is 3.08 bits per heavy atom. The predicted octanol–water partition coefficient (Wildman–Crippen LogP) is -0.286. The molecule has 0 radical (unpaired) electrons. The summed E-state index contributed by atoms with van der Waals surface area (Å²) in [6, 6.07) is 0. The van der Waals surface area contributed by atoms with Crippen LogP contribution in [-0.4, -0.2) is 62.2 Å². The molecular formula is C9H19NO3. The van der Waals surface area contributed by atoms with Crippen molar-refractivity contribution in [2.45, 2.75) is 19.1 Å². The van der Waals surface area contributed by atoms with Crippen LogP contribution in [-0.2, 0) is 9.47 Å². The zero-order valence-electron chi connectivity index (χ0n) is 8.40. The molecule has 4 heteroatoms. The Hall–Kier alpha value is -0.160. The second kappa shape index (κ2) is 5.54. The number of hydrogen-bond donors (Lipinski definition) is 1. The van der Waals surface area contributed by atoms with Crippen LogP contribution in [0.3, 0.4) is 0 Å². The lowest BCUT2D eigenvalue weighted by Crippen LogP contribution is -2.48. The van der Waals surface area contributed by atoms with Crippen LogP contribution in [0, 0.1) is 0 Å². The van der Waals surface area contributed by atoms with E-state index in [1.165, 1.54) is 0 Å². The smallest absolute Gasteiger partial charge is 0.105 e. The van der Waals surface area contributed by atoms with E-state index in [-0.39, 0.29) is 6.10 Å². The molecule has 0 saturated carbocycles. The molecule has 0 aromatic heterocycles. The average Bonchev–Trinajstić information content (AvgIpc) is 2.18. The Kier molecular flexibility index (Phi) is 4.66. The zero-order valence-corrected chi connectivity index (χ0v) is 8.40. The number of morpholine rings is 1. The number of aliphatic hydroxyl groups is 1. The van der Waals surface area contributed by atoms with Gasteiger partial charge in [0.05, 0.1) is 19.3 Å². The number of methoxy groups -OCH3 is 1. The van der Waals surface area contributed by atoms with Gasteiger partial charge in [-0.15, -0.1) is 0 Å². The van der Waals surface area contributed by atoms with Crippen molar-refractivity contribution in [2.24, 2.45) is 0 Å². The monoisotopic (exact) mass is 189 g/mol. The van der Waals surface area contributed by atoms with Gasteiger partial charge in [-0.05, 0) is 6.54 Å². The van der Waals surface area contributed by atoms with Gasteiger partial charge in [-0.2, -0.15) is 0 Å². The SMILES string of the molecule is CCN1CCOC(C(O)COC)C1. The van der Waals surface area contributed by atoms with E-state index in [4.69, 9.17) is 9.47 Å². The number of aliphatic hydroxyl groups excluding tert-OH is 1. The fourth-order valence-corrected chi connectivity index (χ4v) is 1.53. The maximum absolute atomic E-state index is 9.61. The molecule has 1 aliphatic rings. The molecule has 2 atom stereocenters. The second-order valence-corrected chi connectivity index (χ2v) is 3.33. The van der Waals surface area contributed by atoms with Gasteiger partial charge in [-0.25, -0.2) is 0 Å². The van der Waals surface area contributed by atoms with Crippen molar-refractivity contribution in [2.75, 3.05) is 40.0 Å². The molecule has 0 aromatic carbocycles. The minimum atomic E-state index is -0.501. The summed E-state index contributed by atoms with van der Waals surface area (Å²) >= 11 is 0. The highest BCUT2D eigenvalue weighted by Gasteiger charge is 2.25. The largest absolute Gasteiger partial charge is 0.388 e. The number of nitrogens with zero attached hydrogens (tertiary/aromatic N) is 1. The minimum Gasteiger partial charge on any atom is -0.388 e. The van der Waals surface area contributed by atoms with Crippen molar-refractivity contribution in [3.63, 3.8) is 0 Å². The van der Waals surface area contributed by atoms with E-state index in [2.05, 4.69) is 11.8 Å². The molecule has 78 valence electrons. The molecule has 2 unspecified atom stereocenters. The maximum Gasteiger partial charge on any atom is 0.105 e. The predicted molar refractivity (Wildman–Crippen MR) is 49.7 cm³/mol. The first-order chi connectivity index (χ1) is 6.27. The third-order valence-corrected chi connectivity index (χ3v) is 2.39. The highest BCUT2D eigenvalue weighted by atomic mass is 16.5. The van der Waals surface area contributed by atoms with Crippen LogP contribution in [0.2, 0.25) is 0 Å². The highest BCUT2D eigenvalue weighted by Crippen LogP contribution is 2.08. The Bertz CT molecular complexity index is 143. The fraction of sp³-hybridized carbons (Fsp3) is 1.00. The first-order valence-electron chi connectivity index (χ1n) is 4.79. The molecule has 0 aromatic rings. The van der Waals surface area contributed by atoms with E-state index in [9.17, 15) is 5.11 Å². The quantitative estimate of drug-likeness (QED) is 0.660. The van der Waals surface area contributed by atoms with E-state index in [0.29, 0.717) is 13.2 Å². The van der Waals surface area contributed by atoms with Crippen molar-refractivity contribution < 1.29 is 14.6 Å². The van der Waals surface area contributed by atoms with E-state index >= 15 is 0 Å². The summed E-state index contributed by atoms with van der Waals surface area (Å²) in [5, 5.41) is 9.61. The molecule has 4 nitrogen and oxygen atoms in total. The van der Waals surface area contributed by atoms with Crippen LogP contribution < -0.4 is 0 Å². The normalized spacial score (nSPS) is 27.5. The van der Waals surface area contributed by atoms with E-state index < -0.39 is 6.10 Å². The first kappa shape index (κ1) is 10.9. The number of rotatable bonds is 4. The third kappa shape index (κ3) is 3.23. The van der Waals surface area contributed by atoms with Gasteiger partial charge in [-0.3, -0.25) is 4.90 Å². The van der Waals surface area contributed by atoms with Crippen molar-refractivity contribution in [3.8, 4) is 0 Å². The molecule has 1 heterocycles. The van der Waals surface area contributed by atoms with Crippen LogP contribution in [0.25, 0.3) is 0 Å². The van der Waals surface area contributed by atoms with Crippen molar-refractivity contribution >= 4 is 0 Å². The minimum absolute atomic E-state index is 0.0892. The molecule has 1 N–H and O–H groups in total. The van der Waals surface area contributed by atoms with Gasteiger partial charge in [-0.1, -0.05) is 6.92 Å². The molecule has 1 fully saturated rings. The van der Waals surface area contributed by atoms with Crippen LogP contribution in [0.1, 0.15) is 6.92 Å².